The molecule has 2 aliphatic rings. The first-order chi connectivity index (χ1) is 17.4. The number of pyridine rings is 1. The van der Waals surface area contributed by atoms with E-state index in [0.29, 0.717) is 11.9 Å². The third kappa shape index (κ3) is 4.85. The number of hydrogen-bond donors (Lipinski definition) is 1. The molecule has 1 atom stereocenters. The van der Waals surface area contributed by atoms with E-state index in [9.17, 15) is 4.79 Å². The average Bonchev–Trinajstić information content (AvgIpc) is 3.39. The van der Waals surface area contributed by atoms with Crippen molar-refractivity contribution in [2.45, 2.75) is 52.5 Å². The molecule has 1 aromatic carbocycles. The highest BCUT2D eigenvalue weighted by Gasteiger charge is 2.32. The van der Waals surface area contributed by atoms with E-state index in [1.807, 2.05) is 30.0 Å². The molecule has 0 spiro atoms. The number of likely N-dealkylation sites (tertiary alicyclic amines) is 2. The van der Waals surface area contributed by atoms with E-state index in [1.54, 1.807) is 18.6 Å². The molecular formula is C29H36N6O. The minimum Gasteiger partial charge on any atom is -0.384 e. The first-order valence-corrected chi connectivity index (χ1v) is 13.1. The number of nitrogen functional groups attached to an aromatic ring is 1. The predicted octanol–water partition coefficient (Wildman–Crippen LogP) is 4.61. The number of nitrogens with zero attached hydrogens (tertiary/aromatic N) is 5. The molecule has 1 amide bonds. The Labute approximate surface area is 213 Å². The lowest BCUT2D eigenvalue weighted by atomic mass is 9.95. The Morgan fingerprint density at radius 2 is 1.81 bits per heavy atom. The Bertz CT molecular complexity index is 1230. The molecule has 0 saturated carbocycles. The van der Waals surface area contributed by atoms with Gasteiger partial charge in [-0.25, -0.2) is 15.0 Å². The third-order valence-electron chi connectivity index (χ3n) is 7.85. The molecule has 2 N–H and O–H groups in total. The molecule has 1 unspecified atom stereocenters. The van der Waals surface area contributed by atoms with Gasteiger partial charge in [-0.2, -0.15) is 0 Å². The van der Waals surface area contributed by atoms with E-state index in [2.05, 4.69) is 39.8 Å². The number of aromatic nitrogens is 3. The predicted molar refractivity (Wildman–Crippen MR) is 144 cm³/mol. The van der Waals surface area contributed by atoms with E-state index >= 15 is 0 Å². The van der Waals surface area contributed by atoms with Gasteiger partial charge in [0, 0.05) is 47.6 Å². The molecule has 3 aromatic rings. The number of nitrogens with two attached hydrogens (primary N) is 1. The topological polar surface area (TPSA) is 88.2 Å². The molecule has 2 aromatic heterocycles. The Balaban J connectivity index is 1.38. The molecule has 0 aliphatic carbocycles. The number of aryl methyl sites for hydroxylation is 2. The van der Waals surface area contributed by atoms with Crippen LogP contribution in [0.1, 0.15) is 54.7 Å². The number of carbonyl (C=O) groups is 1. The standard InChI is InChI=1S/C29H36N6O/c1-4-25-27(22-6-8-26(30)31-16-22)28(33-18-32-25)21-5-7-24(20(3)15-21)29(36)35-14-11-23(17-35)34-12-9-19(2)10-13-34/h5-8,15-16,18-19,23H,4,9-14,17H2,1-3H3,(H2,30,31). The first kappa shape index (κ1) is 24.4. The van der Waals surface area contributed by atoms with E-state index in [4.69, 9.17) is 5.73 Å². The molecule has 0 bridgehead atoms. The molecule has 2 saturated heterocycles. The monoisotopic (exact) mass is 484 g/mol. The second-order valence-electron chi connectivity index (χ2n) is 10.3. The Kier molecular flexibility index (Phi) is 7.01. The Morgan fingerprint density at radius 1 is 1.03 bits per heavy atom. The van der Waals surface area contributed by atoms with Gasteiger partial charge in [0.15, 0.2) is 0 Å². The summed E-state index contributed by atoms with van der Waals surface area (Å²) in [4.78, 5) is 31.6. The SMILES string of the molecule is CCc1ncnc(-c2ccc(C(=O)N3CCC(N4CCC(C)CC4)C3)c(C)c2)c1-c1ccc(N)nc1. The lowest BCUT2D eigenvalue weighted by Crippen LogP contribution is -2.43. The molecule has 36 heavy (non-hydrogen) atoms. The minimum atomic E-state index is 0.131. The summed E-state index contributed by atoms with van der Waals surface area (Å²) in [5, 5.41) is 0. The largest absolute Gasteiger partial charge is 0.384 e. The van der Waals surface area contributed by atoms with Crippen molar-refractivity contribution in [1.29, 1.82) is 0 Å². The zero-order valence-corrected chi connectivity index (χ0v) is 21.6. The van der Waals surface area contributed by atoms with Gasteiger partial charge in [0.25, 0.3) is 5.91 Å². The zero-order valence-electron chi connectivity index (χ0n) is 21.6. The summed E-state index contributed by atoms with van der Waals surface area (Å²) in [5.41, 5.74) is 12.2. The van der Waals surface area contributed by atoms with Crippen LogP contribution >= 0.6 is 0 Å². The summed E-state index contributed by atoms with van der Waals surface area (Å²) in [6.07, 6.45) is 7.76. The molecular weight excluding hydrogens is 448 g/mol. The number of benzene rings is 1. The highest BCUT2D eigenvalue weighted by molar-refractivity contribution is 5.96. The van der Waals surface area contributed by atoms with Crippen LogP contribution in [0.15, 0.2) is 42.9 Å². The van der Waals surface area contributed by atoms with Crippen LogP contribution in [0.5, 0.6) is 0 Å². The van der Waals surface area contributed by atoms with Crippen molar-refractivity contribution in [3.05, 3.63) is 59.7 Å². The fourth-order valence-corrected chi connectivity index (χ4v) is 5.60. The van der Waals surface area contributed by atoms with E-state index in [0.717, 1.165) is 84.1 Å². The van der Waals surface area contributed by atoms with Gasteiger partial charge in [0.2, 0.25) is 0 Å². The molecule has 188 valence electrons. The number of amides is 1. The van der Waals surface area contributed by atoms with E-state index in [1.165, 1.54) is 12.8 Å². The van der Waals surface area contributed by atoms with Gasteiger partial charge in [-0.1, -0.05) is 19.9 Å². The summed E-state index contributed by atoms with van der Waals surface area (Å²) in [6.45, 7) is 10.4. The normalized spacial score (nSPS) is 19.1. The number of hydrogen-bond acceptors (Lipinski definition) is 6. The maximum Gasteiger partial charge on any atom is 0.254 e. The third-order valence-corrected chi connectivity index (χ3v) is 7.85. The van der Waals surface area contributed by atoms with Crippen LogP contribution in [-0.2, 0) is 6.42 Å². The maximum absolute atomic E-state index is 13.5. The zero-order chi connectivity index (χ0) is 25.2. The van der Waals surface area contributed by atoms with Crippen LogP contribution in [0, 0.1) is 12.8 Å². The lowest BCUT2D eigenvalue weighted by molar-refractivity contribution is 0.0765. The minimum absolute atomic E-state index is 0.131. The number of piperidine rings is 1. The fourth-order valence-electron chi connectivity index (χ4n) is 5.60. The summed E-state index contributed by atoms with van der Waals surface area (Å²) >= 11 is 0. The highest BCUT2D eigenvalue weighted by Crippen LogP contribution is 2.34. The van der Waals surface area contributed by atoms with E-state index in [-0.39, 0.29) is 5.91 Å². The van der Waals surface area contributed by atoms with Gasteiger partial charge < -0.3 is 10.6 Å². The quantitative estimate of drug-likeness (QED) is 0.569. The average molecular weight is 485 g/mol. The summed E-state index contributed by atoms with van der Waals surface area (Å²) in [5.74, 6) is 1.43. The molecule has 4 heterocycles. The number of carbonyl (C=O) groups excluding carboxylic acids is 1. The van der Waals surface area contributed by atoms with Crippen molar-refractivity contribution in [2.75, 3.05) is 31.9 Å². The van der Waals surface area contributed by atoms with Crippen LogP contribution < -0.4 is 5.73 Å². The summed E-state index contributed by atoms with van der Waals surface area (Å²) < 4.78 is 0. The van der Waals surface area contributed by atoms with Crippen LogP contribution in [0.25, 0.3) is 22.4 Å². The van der Waals surface area contributed by atoms with Gasteiger partial charge in [-0.05, 0) is 81.4 Å². The molecule has 5 rings (SSSR count). The van der Waals surface area contributed by atoms with Crippen molar-refractivity contribution in [3.63, 3.8) is 0 Å². The number of anilines is 1. The molecule has 2 aliphatic heterocycles. The second-order valence-corrected chi connectivity index (χ2v) is 10.3. The van der Waals surface area contributed by atoms with Gasteiger partial charge >= 0.3 is 0 Å². The molecule has 7 heteroatoms. The van der Waals surface area contributed by atoms with Gasteiger partial charge in [0.05, 0.1) is 11.4 Å². The van der Waals surface area contributed by atoms with Crippen molar-refractivity contribution in [2.24, 2.45) is 5.92 Å². The Hall–Kier alpha value is -3.32. The van der Waals surface area contributed by atoms with Crippen LogP contribution in [0.3, 0.4) is 0 Å². The maximum atomic E-state index is 13.5. The fraction of sp³-hybridized carbons (Fsp3) is 0.448. The smallest absolute Gasteiger partial charge is 0.254 e. The Morgan fingerprint density at radius 3 is 2.50 bits per heavy atom. The number of rotatable bonds is 5. The highest BCUT2D eigenvalue weighted by atomic mass is 16.2. The van der Waals surface area contributed by atoms with Crippen LogP contribution in [0.4, 0.5) is 5.82 Å². The van der Waals surface area contributed by atoms with Crippen molar-refractivity contribution < 1.29 is 4.79 Å². The first-order valence-electron chi connectivity index (χ1n) is 13.1. The molecule has 0 radical (unpaired) electrons. The molecule has 7 nitrogen and oxygen atoms in total. The van der Waals surface area contributed by atoms with Crippen LogP contribution in [-0.4, -0.2) is 62.9 Å². The van der Waals surface area contributed by atoms with Crippen molar-refractivity contribution in [3.8, 4) is 22.4 Å². The molecule has 2 fully saturated rings. The van der Waals surface area contributed by atoms with Crippen molar-refractivity contribution in [1.82, 2.24) is 24.8 Å². The lowest BCUT2D eigenvalue weighted by Gasteiger charge is -2.34. The van der Waals surface area contributed by atoms with Crippen molar-refractivity contribution >= 4 is 11.7 Å². The van der Waals surface area contributed by atoms with Crippen LogP contribution in [0.2, 0.25) is 0 Å². The van der Waals surface area contributed by atoms with E-state index < -0.39 is 0 Å². The second kappa shape index (κ2) is 10.3. The van der Waals surface area contributed by atoms with Gasteiger partial charge in [-0.15, -0.1) is 0 Å². The summed E-state index contributed by atoms with van der Waals surface area (Å²) in [7, 11) is 0. The van der Waals surface area contributed by atoms with Gasteiger partial charge in [0.1, 0.15) is 12.1 Å². The van der Waals surface area contributed by atoms with Gasteiger partial charge in [-0.3, -0.25) is 9.69 Å². The summed E-state index contributed by atoms with van der Waals surface area (Å²) in [6, 6.07) is 10.3.